The number of hydrazone groups is 1. The van der Waals surface area contributed by atoms with E-state index >= 15 is 0 Å². The van der Waals surface area contributed by atoms with Crippen LogP contribution in [-0.4, -0.2) is 36.9 Å². The number of hydrogen-bond acceptors (Lipinski definition) is 6. The van der Waals surface area contributed by atoms with Crippen molar-refractivity contribution in [3.63, 3.8) is 0 Å². The molecule has 0 radical (unpaired) electrons. The van der Waals surface area contributed by atoms with Gasteiger partial charge in [-0.1, -0.05) is 48.5 Å². The molecule has 0 aliphatic rings. The lowest BCUT2D eigenvalue weighted by Gasteiger charge is -2.00. The molecular formula is C21H18N8O. The highest BCUT2D eigenvalue weighted by Gasteiger charge is 2.09. The summed E-state index contributed by atoms with van der Waals surface area (Å²) in [5.41, 5.74) is 5.19. The summed E-state index contributed by atoms with van der Waals surface area (Å²) in [7, 11) is 0. The molecule has 2 aromatic heterocycles. The van der Waals surface area contributed by atoms with E-state index in [1.165, 1.54) is 4.80 Å². The third-order valence-corrected chi connectivity index (χ3v) is 4.45. The van der Waals surface area contributed by atoms with Gasteiger partial charge in [-0.25, -0.2) is 5.43 Å². The van der Waals surface area contributed by atoms with Gasteiger partial charge in [-0.05, 0) is 11.3 Å². The number of benzene rings is 2. The van der Waals surface area contributed by atoms with Gasteiger partial charge in [0.05, 0.1) is 18.7 Å². The van der Waals surface area contributed by atoms with E-state index in [0.717, 1.165) is 22.0 Å². The smallest absolute Gasteiger partial charge is 0.263 e. The van der Waals surface area contributed by atoms with E-state index in [4.69, 9.17) is 5.26 Å². The van der Waals surface area contributed by atoms with Gasteiger partial charge >= 0.3 is 0 Å². The Morgan fingerprint density at radius 2 is 1.97 bits per heavy atom. The zero-order valence-electron chi connectivity index (χ0n) is 16.0. The molecule has 1 N–H and O–H groups in total. The maximum absolute atomic E-state index is 12.2. The van der Waals surface area contributed by atoms with Gasteiger partial charge in [-0.3, -0.25) is 4.79 Å². The van der Waals surface area contributed by atoms with Crippen LogP contribution in [0.2, 0.25) is 0 Å². The van der Waals surface area contributed by atoms with E-state index in [1.807, 2.05) is 65.4 Å². The molecule has 4 rings (SSSR count). The first-order valence-corrected chi connectivity index (χ1v) is 9.34. The van der Waals surface area contributed by atoms with Crippen molar-refractivity contribution in [3.05, 3.63) is 66.4 Å². The minimum atomic E-state index is -0.364. The van der Waals surface area contributed by atoms with Crippen molar-refractivity contribution in [2.24, 2.45) is 5.10 Å². The van der Waals surface area contributed by atoms with Crippen LogP contribution in [0.3, 0.4) is 0 Å². The maximum atomic E-state index is 12.2. The number of nitrogens with one attached hydrogen (secondary N) is 1. The average Bonchev–Trinajstić information content (AvgIpc) is 3.38. The van der Waals surface area contributed by atoms with Gasteiger partial charge in [-0.2, -0.15) is 15.2 Å². The second-order valence-electron chi connectivity index (χ2n) is 6.51. The van der Waals surface area contributed by atoms with Gasteiger partial charge in [0.25, 0.3) is 5.91 Å². The Bertz CT molecular complexity index is 1230. The van der Waals surface area contributed by atoms with E-state index in [0.29, 0.717) is 18.8 Å². The number of nitrogens with zero attached hydrogens (tertiary/aromatic N) is 7. The normalized spacial score (nSPS) is 11.0. The highest BCUT2D eigenvalue weighted by atomic mass is 16.2. The van der Waals surface area contributed by atoms with Crippen molar-refractivity contribution < 1.29 is 4.79 Å². The Balaban J connectivity index is 1.41. The lowest BCUT2D eigenvalue weighted by molar-refractivity contribution is -0.122. The van der Waals surface area contributed by atoms with Crippen LogP contribution < -0.4 is 5.43 Å². The summed E-state index contributed by atoms with van der Waals surface area (Å²) >= 11 is 0. The number of aromatic nitrogens is 5. The van der Waals surface area contributed by atoms with E-state index in [2.05, 4.69) is 32.0 Å². The van der Waals surface area contributed by atoms with E-state index in [9.17, 15) is 4.79 Å². The van der Waals surface area contributed by atoms with Crippen LogP contribution in [0.5, 0.6) is 0 Å². The van der Waals surface area contributed by atoms with Crippen LogP contribution >= 0.6 is 0 Å². The monoisotopic (exact) mass is 398 g/mol. The summed E-state index contributed by atoms with van der Waals surface area (Å²) in [4.78, 5) is 13.4. The highest BCUT2D eigenvalue weighted by molar-refractivity contribution is 5.99. The fourth-order valence-electron chi connectivity index (χ4n) is 3.08. The number of fused-ring (bicyclic) bond motifs is 1. The summed E-state index contributed by atoms with van der Waals surface area (Å²) in [6.45, 7) is 0.500. The molecule has 0 fully saturated rings. The minimum Gasteiger partial charge on any atom is -0.346 e. The summed E-state index contributed by atoms with van der Waals surface area (Å²) < 4.78 is 2.01. The van der Waals surface area contributed by atoms with Crippen molar-refractivity contribution in [1.82, 2.24) is 30.2 Å². The molecule has 0 atom stereocenters. The fourth-order valence-corrected chi connectivity index (χ4v) is 3.08. The molecule has 9 heteroatoms. The van der Waals surface area contributed by atoms with Crippen LogP contribution in [-0.2, 0) is 17.9 Å². The summed E-state index contributed by atoms with van der Waals surface area (Å²) in [5, 5.41) is 26.0. The molecule has 2 heterocycles. The Kier molecular flexibility index (Phi) is 5.57. The Hall–Kier alpha value is -4.32. The molecular weight excluding hydrogens is 380 g/mol. The molecule has 4 aromatic rings. The summed E-state index contributed by atoms with van der Waals surface area (Å²) in [6, 6.07) is 19.4. The molecule has 0 aliphatic heterocycles. The molecule has 2 aromatic carbocycles. The molecule has 0 saturated heterocycles. The highest BCUT2D eigenvalue weighted by Crippen LogP contribution is 2.20. The molecule has 148 valence electrons. The molecule has 0 aliphatic carbocycles. The third-order valence-electron chi connectivity index (χ3n) is 4.45. The first kappa shape index (κ1) is 19.0. The van der Waals surface area contributed by atoms with Crippen LogP contribution in [0.1, 0.15) is 12.0 Å². The quantitative estimate of drug-likeness (QED) is 0.379. The number of rotatable bonds is 7. The van der Waals surface area contributed by atoms with Crippen molar-refractivity contribution in [2.45, 2.75) is 19.5 Å². The Labute approximate surface area is 172 Å². The van der Waals surface area contributed by atoms with Crippen LogP contribution in [0.25, 0.3) is 22.3 Å². The number of amides is 1. The van der Waals surface area contributed by atoms with E-state index in [1.54, 1.807) is 6.21 Å². The minimum absolute atomic E-state index is 0.0961. The molecule has 0 spiro atoms. The van der Waals surface area contributed by atoms with Gasteiger partial charge in [0.1, 0.15) is 6.54 Å². The zero-order valence-corrected chi connectivity index (χ0v) is 16.0. The van der Waals surface area contributed by atoms with E-state index in [-0.39, 0.29) is 12.5 Å². The molecule has 30 heavy (non-hydrogen) atoms. The number of carbonyl (C=O) groups is 1. The Morgan fingerprint density at radius 3 is 2.80 bits per heavy atom. The molecule has 0 unspecified atom stereocenters. The average molecular weight is 398 g/mol. The number of nitriles is 1. The third kappa shape index (κ3) is 4.23. The van der Waals surface area contributed by atoms with Gasteiger partial charge in [0.15, 0.2) is 0 Å². The van der Waals surface area contributed by atoms with Crippen LogP contribution in [0.4, 0.5) is 0 Å². The molecule has 0 bridgehead atoms. The lowest BCUT2D eigenvalue weighted by Crippen LogP contribution is -2.24. The molecule has 9 nitrogen and oxygen atoms in total. The van der Waals surface area contributed by atoms with Crippen LogP contribution in [0, 0.1) is 11.3 Å². The summed E-state index contributed by atoms with van der Waals surface area (Å²) in [6.07, 6.45) is 3.93. The number of tetrazole rings is 1. The zero-order chi connectivity index (χ0) is 20.8. The topological polar surface area (TPSA) is 114 Å². The second kappa shape index (κ2) is 8.79. The van der Waals surface area contributed by atoms with Gasteiger partial charge in [0.2, 0.25) is 5.82 Å². The lowest BCUT2D eigenvalue weighted by atomic mass is 10.2. The first-order valence-electron chi connectivity index (χ1n) is 9.34. The fraction of sp³-hybridized carbons (Fsp3) is 0.143. The predicted octanol–water partition coefficient (Wildman–Crippen LogP) is 2.36. The first-order chi connectivity index (χ1) is 14.7. The van der Waals surface area contributed by atoms with E-state index < -0.39 is 0 Å². The number of aryl methyl sites for hydroxylation is 1. The largest absolute Gasteiger partial charge is 0.346 e. The maximum Gasteiger partial charge on any atom is 0.263 e. The number of hydrogen-bond donors (Lipinski definition) is 1. The van der Waals surface area contributed by atoms with Gasteiger partial charge in [0, 0.05) is 34.8 Å². The van der Waals surface area contributed by atoms with Gasteiger partial charge < -0.3 is 4.57 Å². The summed E-state index contributed by atoms with van der Waals surface area (Å²) in [5.74, 6) is 0.0913. The number of para-hydroxylation sites is 1. The standard InChI is InChI=1S/C21H18N8O/c22-11-6-12-28-14-17(18-9-4-5-10-19(18)28)13-23-24-20(30)15-29-26-21(25-27-29)16-7-2-1-3-8-16/h1-5,7-10,13-14H,6,12,15H2,(H,24,30). The number of carbonyl (C=O) groups excluding carboxylic acids is 1. The molecule has 1 amide bonds. The van der Waals surface area contributed by atoms with Crippen molar-refractivity contribution >= 4 is 23.0 Å². The Morgan fingerprint density at radius 1 is 1.17 bits per heavy atom. The second-order valence-corrected chi connectivity index (χ2v) is 6.51. The molecule has 0 saturated carbocycles. The predicted molar refractivity (Wildman–Crippen MR) is 111 cm³/mol. The van der Waals surface area contributed by atoms with Gasteiger partial charge in [-0.15, -0.1) is 10.2 Å². The van der Waals surface area contributed by atoms with Crippen molar-refractivity contribution in [1.29, 1.82) is 5.26 Å². The van der Waals surface area contributed by atoms with Crippen LogP contribution in [0.15, 0.2) is 65.9 Å². The SMILES string of the molecule is N#CCCn1cc(C=NNC(=O)Cn2nnc(-c3ccccc3)n2)c2ccccc21. The van der Waals surface area contributed by atoms with Crippen molar-refractivity contribution in [2.75, 3.05) is 0 Å². The van der Waals surface area contributed by atoms with Crippen molar-refractivity contribution in [3.8, 4) is 17.5 Å².